The summed E-state index contributed by atoms with van der Waals surface area (Å²) in [6, 6.07) is 11.2. The molecule has 0 atom stereocenters. The molecule has 144 valence electrons. The monoisotopic (exact) mass is 399 g/mol. The Morgan fingerprint density at radius 3 is 2.46 bits per heavy atom. The van der Waals surface area contributed by atoms with Gasteiger partial charge in [0, 0.05) is 22.9 Å². The van der Waals surface area contributed by atoms with Gasteiger partial charge in [-0.25, -0.2) is 9.37 Å². The van der Waals surface area contributed by atoms with Crippen LogP contribution in [-0.2, 0) is 4.79 Å². The zero-order chi connectivity index (χ0) is 20.3. The van der Waals surface area contributed by atoms with Crippen molar-refractivity contribution in [2.45, 2.75) is 13.8 Å². The predicted molar refractivity (Wildman–Crippen MR) is 107 cm³/mol. The Morgan fingerprint density at radius 2 is 1.82 bits per heavy atom. The molecule has 2 N–H and O–H groups in total. The Balaban J connectivity index is 1.80. The normalized spacial score (nSPS) is 10.4. The van der Waals surface area contributed by atoms with Crippen molar-refractivity contribution in [1.82, 2.24) is 4.98 Å². The van der Waals surface area contributed by atoms with Crippen molar-refractivity contribution in [1.29, 1.82) is 0 Å². The van der Waals surface area contributed by atoms with Gasteiger partial charge >= 0.3 is 0 Å². The highest BCUT2D eigenvalue weighted by Gasteiger charge is 2.15. The highest BCUT2D eigenvalue weighted by molar-refractivity contribution is 7.16. The number of carbonyl (C=O) groups excluding carboxylic acids is 2. The van der Waals surface area contributed by atoms with E-state index in [1.54, 1.807) is 7.11 Å². The second-order valence-corrected chi connectivity index (χ2v) is 7.19. The van der Waals surface area contributed by atoms with E-state index in [2.05, 4.69) is 15.6 Å². The third-order valence-corrected chi connectivity index (χ3v) is 4.81. The molecule has 0 spiro atoms. The van der Waals surface area contributed by atoms with Crippen molar-refractivity contribution < 1.29 is 18.7 Å². The third kappa shape index (κ3) is 4.34. The fourth-order valence-corrected chi connectivity index (χ4v) is 3.42. The zero-order valence-electron chi connectivity index (χ0n) is 15.5. The summed E-state index contributed by atoms with van der Waals surface area (Å²) < 4.78 is 18.9. The summed E-state index contributed by atoms with van der Waals surface area (Å²) >= 11 is 1.34. The average Bonchev–Trinajstić information content (AvgIpc) is 3.03. The number of anilines is 2. The SMILES string of the molecule is COc1ccc(-c2nc(NC(=O)c3ccc(F)c(NC(C)=O)c3)sc2C)cc1. The van der Waals surface area contributed by atoms with E-state index in [1.807, 2.05) is 31.2 Å². The fourth-order valence-electron chi connectivity index (χ4n) is 2.59. The number of thiazole rings is 1. The van der Waals surface area contributed by atoms with Crippen LogP contribution >= 0.6 is 11.3 Å². The second kappa shape index (κ2) is 8.18. The summed E-state index contributed by atoms with van der Waals surface area (Å²) in [4.78, 5) is 29.1. The lowest BCUT2D eigenvalue weighted by Crippen LogP contribution is -2.14. The van der Waals surface area contributed by atoms with Gasteiger partial charge in [-0.2, -0.15) is 0 Å². The lowest BCUT2D eigenvalue weighted by Gasteiger charge is -2.07. The van der Waals surface area contributed by atoms with Gasteiger partial charge in [0.15, 0.2) is 5.13 Å². The molecule has 0 fully saturated rings. The Bertz CT molecular complexity index is 1030. The summed E-state index contributed by atoms with van der Waals surface area (Å²) in [5, 5.41) is 5.51. The van der Waals surface area contributed by atoms with Gasteiger partial charge in [0.1, 0.15) is 11.6 Å². The van der Waals surface area contributed by atoms with Crippen molar-refractivity contribution in [3.63, 3.8) is 0 Å². The van der Waals surface area contributed by atoms with Gasteiger partial charge < -0.3 is 10.1 Å². The number of benzene rings is 2. The van der Waals surface area contributed by atoms with Crippen LogP contribution in [0.15, 0.2) is 42.5 Å². The minimum atomic E-state index is -0.612. The zero-order valence-corrected chi connectivity index (χ0v) is 16.3. The number of rotatable bonds is 5. The summed E-state index contributed by atoms with van der Waals surface area (Å²) in [6.07, 6.45) is 0. The van der Waals surface area contributed by atoms with Crippen molar-refractivity contribution in [3.05, 3.63) is 58.7 Å². The van der Waals surface area contributed by atoms with Crippen LogP contribution in [-0.4, -0.2) is 23.9 Å². The summed E-state index contributed by atoms with van der Waals surface area (Å²) in [6.45, 7) is 3.19. The number of hydrogen-bond donors (Lipinski definition) is 2. The second-order valence-electron chi connectivity index (χ2n) is 5.98. The lowest BCUT2D eigenvalue weighted by atomic mass is 10.1. The van der Waals surface area contributed by atoms with Crippen LogP contribution in [0.5, 0.6) is 5.75 Å². The fraction of sp³-hybridized carbons (Fsp3) is 0.150. The van der Waals surface area contributed by atoms with Crippen LogP contribution in [0.25, 0.3) is 11.3 Å². The van der Waals surface area contributed by atoms with Crippen LogP contribution in [0.2, 0.25) is 0 Å². The number of amides is 2. The molecule has 0 aliphatic rings. The van der Waals surface area contributed by atoms with E-state index < -0.39 is 17.6 Å². The van der Waals surface area contributed by atoms with E-state index in [0.29, 0.717) is 5.13 Å². The molecule has 0 aliphatic heterocycles. The van der Waals surface area contributed by atoms with Crippen LogP contribution in [0.1, 0.15) is 22.2 Å². The van der Waals surface area contributed by atoms with Crippen molar-refractivity contribution >= 4 is 34.0 Å². The van der Waals surface area contributed by atoms with E-state index in [1.165, 1.54) is 30.4 Å². The molecule has 8 heteroatoms. The molecule has 1 aromatic heterocycles. The maximum atomic E-state index is 13.8. The number of aromatic nitrogens is 1. The molecule has 3 aromatic rings. The van der Waals surface area contributed by atoms with Gasteiger partial charge in [0.2, 0.25) is 5.91 Å². The van der Waals surface area contributed by atoms with E-state index in [4.69, 9.17) is 4.74 Å². The number of nitrogens with one attached hydrogen (secondary N) is 2. The molecule has 28 heavy (non-hydrogen) atoms. The standard InChI is InChI=1S/C20H18FN3O3S/c1-11-18(13-4-7-15(27-3)8-5-13)23-20(28-11)24-19(26)14-6-9-16(21)17(10-14)22-12(2)25/h4-10H,1-3H3,(H,22,25)(H,23,24,26). The van der Waals surface area contributed by atoms with Gasteiger partial charge in [0.25, 0.3) is 5.91 Å². The molecule has 2 aromatic carbocycles. The number of nitrogens with zero attached hydrogens (tertiary/aromatic N) is 1. The van der Waals surface area contributed by atoms with E-state index in [-0.39, 0.29) is 11.3 Å². The topological polar surface area (TPSA) is 80.3 Å². The molecule has 0 unspecified atom stereocenters. The van der Waals surface area contributed by atoms with Gasteiger partial charge in [-0.05, 0) is 49.4 Å². The van der Waals surface area contributed by atoms with E-state index in [9.17, 15) is 14.0 Å². The molecule has 0 aliphatic carbocycles. The van der Waals surface area contributed by atoms with Crippen LogP contribution in [0.4, 0.5) is 15.2 Å². The molecule has 6 nitrogen and oxygen atoms in total. The number of hydrogen-bond acceptors (Lipinski definition) is 5. The van der Waals surface area contributed by atoms with Gasteiger partial charge in [0.05, 0.1) is 18.5 Å². The van der Waals surface area contributed by atoms with Gasteiger partial charge in [-0.3, -0.25) is 14.9 Å². The molecule has 0 saturated heterocycles. The van der Waals surface area contributed by atoms with E-state index in [0.717, 1.165) is 28.0 Å². The number of ether oxygens (including phenoxy) is 1. The molecule has 0 radical (unpaired) electrons. The Morgan fingerprint density at radius 1 is 1.11 bits per heavy atom. The molecule has 0 bridgehead atoms. The van der Waals surface area contributed by atoms with Crippen LogP contribution < -0.4 is 15.4 Å². The highest BCUT2D eigenvalue weighted by atomic mass is 32.1. The predicted octanol–water partition coefficient (Wildman–Crippen LogP) is 4.48. The first-order valence-corrected chi connectivity index (χ1v) is 9.19. The quantitative estimate of drug-likeness (QED) is 0.663. The molecule has 0 saturated carbocycles. The van der Waals surface area contributed by atoms with Crippen molar-refractivity contribution in [2.75, 3.05) is 17.7 Å². The first-order chi connectivity index (χ1) is 13.4. The number of aryl methyl sites for hydroxylation is 1. The molecule has 1 heterocycles. The summed E-state index contributed by atoms with van der Waals surface area (Å²) in [5.74, 6) is -0.729. The number of methoxy groups -OCH3 is 1. The molecular formula is C20H18FN3O3S. The molecular weight excluding hydrogens is 381 g/mol. The minimum absolute atomic E-state index is 0.0469. The summed E-state index contributed by atoms with van der Waals surface area (Å²) in [7, 11) is 1.60. The Hall–Kier alpha value is -3.26. The summed E-state index contributed by atoms with van der Waals surface area (Å²) in [5.41, 5.74) is 1.84. The van der Waals surface area contributed by atoms with Crippen LogP contribution in [0, 0.1) is 12.7 Å². The first-order valence-electron chi connectivity index (χ1n) is 8.37. The maximum Gasteiger partial charge on any atom is 0.257 e. The number of carbonyl (C=O) groups is 2. The Labute approximate surface area is 165 Å². The van der Waals surface area contributed by atoms with Crippen molar-refractivity contribution in [3.8, 4) is 17.0 Å². The number of halogens is 1. The Kier molecular flexibility index (Phi) is 5.70. The first kappa shape index (κ1) is 19.5. The van der Waals surface area contributed by atoms with Gasteiger partial charge in [-0.1, -0.05) is 0 Å². The maximum absolute atomic E-state index is 13.8. The highest BCUT2D eigenvalue weighted by Crippen LogP contribution is 2.31. The van der Waals surface area contributed by atoms with Crippen LogP contribution in [0.3, 0.4) is 0 Å². The minimum Gasteiger partial charge on any atom is -0.497 e. The lowest BCUT2D eigenvalue weighted by molar-refractivity contribution is -0.114. The third-order valence-electron chi connectivity index (χ3n) is 3.92. The molecule has 3 rings (SSSR count). The smallest absolute Gasteiger partial charge is 0.257 e. The molecule has 2 amide bonds. The van der Waals surface area contributed by atoms with E-state index >= 15 is 0 Å². The average molecular weight is 399 g/mol. The van der Waals surface area contributed by atoms with Crippen molar-refractivity contribution in [2.24, 2.45) is 0 Å². The van der Waals surface area contributed by atoms with Gasteiger partial charge in [-0.15, -0.1) is 11.3 Å². The largest absolute Gasteiger partial charge is 0.497 e.